The normalized spacial score (nSPS) is 12.1. The number of hydrogen-bond donors (Lipinski definition) is 0. The Labute approximate surface area is 228 Å². The summed E-state index contributed by atoms with van der Waals surface area (Å²) in [4.78, 5) is 13.6. The topological polar surface area (TPSA) is 29.4 Å². The van der Waals surface area contributed by atoms with E-state index in [2.05, 4.69) is 98.7 Å². The van der Waals surface area contributed by atoms with Crippen LogP contribution in [0.4, 0.5) is 0 Å². The first kappa shape index (κ1) is 28.4. The molecule has 0 fully saturated rings. The third kappa shape index (κ3) is 5.42. The van der Waals surface area contributed by atoms with Crippen molar-refractivity contribution in [3.8, 4) is 0 Å². The van der Waals surface area contributed by atoms with Gasteiger partial charge in [-0.25, -0.2) is 0 Å². The Morgan fingerprint density at radius 3 is 1.00 bits per heavy atom. The number of amides is 1. The Hall–Kier alpha value is -1.18. The molecule has 0 aliphatic carbocycles. The van der Waals surface area contributed by atoms with Crippen molar-refractivity contribution in [2.24, 2.45) is 3.09 Å². The molecule has 0 aliphatic rings. The van der Waals surface area contributed by atoms with Crippen molar-refractivity contribution >= 4 is 69.9 Å². The molecule has 0 aliphatic heterocycles. The zero-order chi connectivity index (χ0) is 26.5. The number of nitrogens with zero attached hydrogens (tertiary/aromatic N) is 1. The number of alkyl halides is 3. The van der Waals surface area contributed by atoms with Crippen LogP contribution in [0.25, 0.3) is 0 Å². The summed E-state index contributed by atoms with van der Waals surface area (Å²) < 4.78 is 6.40. The Morgan fingerprint density at radius 2 is 0.800 bits per heavy atom. The quantitative estimate of drug-likeness (QED) is 0.235. The number of halogens is 3. The molecular weight excluding hydrogens is 606 g/mol. The molecule has 186 valence electrons. The van der Waals surface area contributed by atoms with E-state index in [4.69, 9.17) is 37.9 Å². The van der Waals surface area contributed by atoms with Gasteiger partial charge in [-0.3, -0.25) is 0 Å². The summed E-state index contributed by atoms with van der Waals surface area (Å²) in [6.07, 6.45) is 0. The van der Waals surface area contributed by atoms with Gasteiger partial charge in [0, 0.05) is 0 Å². The predicted molar refractivity (Wildman–Crippen MR) is 154 cm³/mol. The SMILES string of the molecule is Cc1cc(C)[c]([Sb](=[N]C(=O)C(Cl)(Cl)Cl)([c]2c(C)cc(C)cc2C)[c]2c(C)cc(C)cc2C)c(C)c1. The van der Waals surface area contributed by atoms with Gasteiger partial charge in [-0.05, 0) is 0 Å². The van der Waals surface area contributed by atoms with Crippen LogP contribution in [0.3, 0.4) is 0 Å². The van der Waals surface area contributed by atoms with Crippen LogP contribution in [0.5, 0.6) is 0 Å². The van der Waals surface area contributed by atoms with Gasteiger partial charge in [-0.1, -0.05) is 0 Å². The van der Waals surface area contributed by atoms with Crippen molar-refractivity contribution < 1.29 is 4.79 Å². The van der Waals surface area contributed by atoms with E-state index < -0.39 is 28.3 Å². The molecule has 6 heteroatoms. The van der Waals surface area contributed by atoms with Crippen LogP contribution in [-0.2, 0) is 4.79 Å². The number of aryl methyl sites for hydroxylation is 9. The Bertz CT molecular complexity index is 1180. The van der Waals surface area contributed by atoms with E-state index >= 15 is 0 Å². The molecule has 0 aromatic heterocycles. The fourth-order valence-corrected chi connectivity index (χ4v) is 20.2. The van der Waals surface area contributed by atoms with Crippen LogP contribution in [0.15, 0.2) is 39.5 Å². The summed E-state index contributed by atoms with van der Waals surface area (Å²) in [6.45, 7) is 19.0. The molecule has 3 aromatic carbocycles. The molecule has 0 saturated heterocycles. The summed E-state index contributed by atoms with van der Waals surface area (Å²) in [7, 11) is 0. The third-order valence-electron chi connectivity index (χ3n) is 6.36. The fraction of sp³-hybridized carbons (Fsp3) is 0.345. The van der Waals surface area contributed by atoms with Crippen molar-refractivity contribution in [3.63, 3.8) is 0 Å². The van der Waals surface area contributed by atoms with E-state index in [-0.39, 0.29) is 0 Å². The molecule has 0 N–H and O–H groups in total. The molecule has 0 spiro atoms. The first-order chi connectivity index (χ1) is 16.1. The number of rotatable bonds is 3. The van der Waals surface area contributed by atoms with Gasteiger partial charge >= 0.3 is 230 Å². The van der Waals surface area contributed by atoms with E-state index in [1.165, 1.54) is 16.7 Å². The Kier molecular flexibility index (Phi) is 8.35. The van der Waals surface area contributed by atoms with Gasteiger partial charge in [0.2, 0.25) is 0 Å². The second-order valence-corrected chi connectivity index (χ2v) is 20.1. The monoisotopic (exact) mass is 637 g/mol. The van der Waals surface area contributed by atoms with Gasteiger partial charge in [0.05, 0.1) is 0 Å². The van der Waals surface area contributed by atoms with E-state index in [9.17, 15) is 4.79 Å². The maximum absolute atomic E-state index is 13.6. The summed E-state index contributed by atoms with van der Waals surface area (Å²) in [5, 5.41) is 0. The maximum atomic E-state index is 13.6. The molecular formula is C29H33Cl3NOSb. The second-order valence-electron chi connectivity index (χ2n) is 9.78. The Balaban J connectivity index is 2.80. The summed E-state index contributed by atoms with van der Waals surface area (Å²) in [6, 6.07) is 13.1. The van der Waals surface area contributed by atoms with Gasteiger partial charge < -0.3 is 0 Å². The van der Waals surface area contributed by atoms with Crippen molar-refractivity contribution in [2.75, 3.05) is 0 Å². The van der Waals surface area contributed by atoms with Crippen molar-refractivity contribution in [1.29, 1.82) is 0 Å². The average Bonchev–Trinajstić information content (AvgIpc) is 2.64. The van der Waals surface area contributed by atoms with Gasteiger partial charge in [0.15, 0.2) is 0 Å². The van der Waals surface area contributed by atoms with Crippen molar-refractivity contribution in [3.05, 3.63) is 86.5 Å². The molecule has 0 saturated carbocycles. The van der Waals surface area contributed by atoms with Gasteiger partial charge in [0.1, 0.15) is 0 Å². The minimum atomic E-state index is -4.38. The first-order valence-corrected chi connectivity index (χ1v) is 17.7. The second kappa shape index (κ2) is 10.3. The summed E-state index contributed by atoms with van der Waals surface area (Å²) >= 11 is 14.2. The molecule has 35 heavy (non-hydrogen) atoms. The predicted octanol–water partition coefficient (Wildman–Crippen LogP) is 6.59. The van der Waals surface area contributed by atoms with Crippen LogP contribution in [0, 0.1) is 62.3 Å². The number of carbonyl (C=O) groups excluding carboxylic acids is 1. The molecule has 3 rings (SSSR count). The van der Waals surface area contributed by atoms with E-state index in [0.717, 1.165) is 43.9 Å². The minimum absolute atomic E-state index is 0.702. The average molecular weight is 640 g/mol. The van der Waals surface area contributed by atoms with Gasteiger partial charge in [-0.15, -0.1) is 0 Å². The van der Waals surface area contributed by atoms with Crippen LogP contribution in [0.1, 0.15) is 50.1 Å². The molecule has 3 aromatic rings. The van der Waals surface area contributed by atoms with E-state index in [1.807, 2.05) is 0 Å². The molecule has 0 heterocycles. The molecule has 0 unspecified atom stereocenters. The zero-order valence-electron chi connectivity index (χ0n) is 21.9. The van der Waals surface area contributed by atoms with Crippen LogP contribution < -0.4 is 10.5 Å². The molecule has 1 amide bonds. The number of hydrogen-bond acceptors (Lipinski definition) is 1. The van der Waals surface area contributed by atoms with E-state index in [0.29, 0.717) is 0 Å². The zero-order valence-corrected chi connectivity index (χ0v) is 26.7. The molecule has 0 bridgehead atoms. The molecule has 2 nitrogen and oxygen atoms in total. The van der Waals surface area contributed by atoms with Crippen molar-refractivity contribution in [1.82, 2.24) is 0 Å². The Morgan fingerprint density at radius 1 is 0.571 bits per heavy atom. The summed E-state index contributed by atoms with van der Waals surface area (Å²) in [5.74, 6) is -0.702. The van der Waals surface area contributed by atoms with E-state index in [1.54, 1.807) is 0 Å². The third-order valence-corrected chi connectivity index (χ3v) is 19.8. The van der Waals surface area contributed by atoms with Crippen molar-refractivity contribution in [2.45, 2.75) is 66.1 Å². The van der Waals surface area contributed by atoms with Crippen LogP contribution >= 0.6 is 34.8 Å². The van der Waals surface area contributed by atoms with Gasteiger partial charge in [0.25, 0.3) is 0 Å². The number of benzene rings is 3. The first-order valence-electron chi connectivity index (χ1n) is 11.6. The summed E-state index contributed by atoms with van der Waals surface area (Å²) in [5.41, 5.74) is 10.2. The molecule has 0 radical (unpaired) electrons. The van der Waals surface area contributed by atoms with Crippen LogP contribution in [0.2, 0.25) is 0 Å². The van der Waals surface area contributed by atoms with Crippen LogP contribution in [-0.4, -0.2) is 28.3 Å². The standard InChI is InChI=1S/3C9H11.C2Cl3NO.Sb/c3*1-7-4-8(2)6-9(3)5-7;3-2(4,5)1(6)7;/h3*4-5H,1-3H3;;. The van der Waals surface area contributed by atoms with Gasteiger partial charge in [-0.2, -0.15) is 0 Å². The number of carbonyl (C=O) groups is 1. The fourth-order valence-electron chi connectivity index (χ4n) is 5.73. The molecule has 0 atom stereocenters.